The Bertz CT molecular complexity index is 712. The molecule has 0 aliphatic carbocycles. The maximum Gasteiger partial charge on any atom is 0.218 e. The Morgan fingerprint density at radius 2 is 2.00 bits per heavy atom. The molecule has 1 aliphatic heterocycles. The van der Waals surface area contributed by atoms with E-state index in [-0.39, 0.29) is 23.9 Å². The van der Waals surface area contributed by atoms with Crippen molar-refractivity contribution in [1.29, 1.82) is 0 Å². The van der Waals surface area contributed by atoms with Gasteiger partial charge in [0.2, 0.25) is 10.0 Å². The quantitative estimate of drug-likeness (QED) is 0.827. The summed E-state index contributed by atoms with van der Waals surface area (Å²) < 4.78 is 48.8. The molecule has 0 spiro atoms. The fourth-order valence-corrected chi connectivity index (χ4v) is 5.73. The van der Waals surface area contributed by atoms with Gasteiger partial charge in [-0.05, 0) is 17.5 Å². The van der Waals surface area contributed by atoms with E-state index in [0.717, 1.165) is 0 Å². The van der Waals surface area contributed by atoms with Crippen molar-refractivity contribution in [3.05, 3.63) is 35.4 Å². The van der Waals surface area contributed by atoms with E-state index in [0.29, 0.717) is 17.5 Å². The van der Waals surface area contributed by atoms with Gasteiger partial charge in [0.05, 0.1) is 23.9 Å². The van der Waals surface area contributed by atoms with Crippen molar-refractivity contribution >= 4 is 19.9 Å². The topological polar surface area (TPSA) is 91.8 Å². The van der Waals surface area contributed by atoms with Crippen LogP contribution >= 0.6 is 0 Å². The van der Waals surface area contributed by atoms with Crippen LogP contribution in [0.2, 0.25) is 0 Å². The summed E-state index contributed by atoms with van der Waals surface area (Å²) in [4.78, 5) is 0. The van der Waals surface area contributed by atoms with Crippen molar-refractivity contribution in [1.82, 2.24) is 4.31 Å². The molecule has 2 rings (SSSR count). The van der Waals surface area contributed by atoms with Gasteiger partial charge in [0.25, 0.3) is 0 Å². The average molecular weight is 333 g/mol. The number of sulfonamides is 1. The monoisotopic (exact) mass is 333 g/mol. The van der Waals surface area contributed by atoms with Gasteiger partial charge in [-0.1, -0.05) is 24.3 Å². The Kier molecular flexibility index (Phi) is 4.72. The molecular formula is C13H19NO5S2. The molecule has 1 atom stereocenters. The van der Waals surface area contributed by atoms with Crippen LogP contribution in [0.3, 0.4) is 0 Å². The summed E-state index contributed by atoms with van der Waals surface area (Å²) >= 11 is 0. The lowest BCUT2D eigenvalue weighted by atomic mass is 10.1. The number of rotatable bonds is 5. The molecule has 0 amide bonds. The molecule has 0 saturated carbocycles. The Morgan fingerprint density at radius 3 is 2.57 bits per heavy atom. The first-order chi connectivity index (χ1) is 9.73. The third kappa shape index (κ3) is 4.03. The molecule has 1 aliphatic rings. The van der Waals surface area contributed by atoms with Crippen LogP contribution in [-0.2, 0) is 32.2 Å². The van der Waals surface area contributed by atoms with Crippen LogP contribution < -0.4 is 0 Å². The second kappa shape index (κ2) is 6.04. The smallest absolute Gasteiger partial charge is 0.218 e. The van der Waals surface area contributed by atoms with Gasteiger partial charge in [-0.2, -0.15) is 0 Å². The standard InChI is InChI=1S/C13H19NO5S2/c1-14(13-5-6-20(16,17)10-13)21(18,19)9-12-4-2-3-11(7-12)8-15/h2-4,7,13,15H,5-6,8-10H2,1H3. The highest BCUT2D eigenvalue weighted by atomic mass is 32.2. The summed E-state index contributed by atoms with van der Waals surface area (Å²) in [5, 5.41) is 9.07. The number of sulfone groups is 1. The van der Waals surface area contributed by atoms with Gasteiger partial charge in [0, 0.05) is 13.1 Å². The van der Waals surface area contributed by atoms with Crippen LogP contribution in [0, 0.1) is 0 Å². The third-order valence-corrected chi connectivity index (χ3v) is 7.31. The van der Waals surface area contributed by atoms with Gasteiger partial charge in [-0.15, -0.1) is 0 Å². The van der Waals surface area contributed by atoms with Gasteiger partial charge in [0.15, 0.2) is 9.84 Å². The minimum Gasteiger partial charge on any atom is -0.392 e. The molecule has 0 radical (unpaired) electrons. The predicted molar refractivity (Wildman–Crippen MR) is 79.8 cm³/mol. The second-order valence-corrected chi connectivity index (χ2v) is 9.56. The van der Waals surface area contributed by atoms with E-state index in [9.17, 15) is 16.8 Å². The highest BCUT2D eigenvalue weighted by Crippen LogP contribution is 2.21. The number of hydrogen-bond donors (Lipinski definition) is 1. The molecule has 1 fully saturated rings. The molecule has 0 aromatic heterocycles. The zero-order chi connectivity index (χ0) is 15.7. The molecule has 1 N–H and O–H groups in total. The molecule has 118 valence electrons. The van der Waals surface area contributed by atoms with Gasteiger partial charge in [-0.3, -0.25) is 0 Å². The van der Waals surface area contributed by atoms with Crippen LogP contribution in [0.4, 0.5) is 0 Å². The molecule has 1 aromatic carbocycles. The van der Waals surface area contributed by atoms with Crippen LogP contribution in [0.25, 0.3) is 0 Å². The fourth-order valence-electron chi connectivity index (χ4n) is 2.42. The van der Waals surface area contributed by atoms with Gasteiger partial charge >= 0.3 is 0 Å². The number of aliphatic hydroxyl groups is 1. The molecule has 0 bridgehead atoms. The third-order valence-electron chi connectivity index (χ3n) is 3.68. The lowest BCUT2D eigenvalue weighted by molar-refractivity contribution is 0.281. The Labute approximate surface area is 125 Å². The van der Waals surface area contributed by atoms with Crippen molar-refractivity contribution in [2.75, 3.05) is 18.6 Å². The largest absolute Gasteiger partial charge is 0.392 e. The molecule has 1 heterocycles. The minimum absolute atomic E-state index is 0.0392. The van der Waals surface area contributed by atoms with Crippen molar-refractivity contribution in [3.8, 4) is 0 Å². The van der Waals surface area contributed by atoms with E-state index in [4.69, 9.17) is 5.11 Å². The fraction of sp³-hybridized carbons (Fsp3) is 0.538. The Balaban J connectivity index is 2.14. The minimum atomic E-state index is -3.58. The summed E-state index contributed by atoms with van der Waals surface area (Å²) in [6, 6.07) is 6.23. The first-order valence-electron chi connectivity index (χ1n) is 6.58. The highest BCUT2D eigenvalue weighted by Gasteiger charge is 2.35. The average Bonchev–Trinajstić information content (AvgIpc) is 2.77. The van der Waals surface area contributed by atoms with Gasteiger partial charge in [0.1, 0.15) is 0 Å². The van der Waals surface area contributed by atoms with E-state index in [1.165, 1.54) is 11.4 Å². The maximum absolute atomic E-state index is 12.4. The van der Waals surface area contributed by atoms with E-state index in [1.807, 2.05) is 0 Å². The lowest BCUT2D eigenvalue weighted by Crippen LogP contribution is -2.38. The molecule has 21 heavy (non-hydrogen) atoms. The van der Waals surface area contributed by atoms with Gasteiger partial charge in [-0.25, -0.2) is 21.1 Å². The van der Waals surface area contributed by atoms with Crippen molar-refractivity contribution in [3.63, 3.8) is 0 Å². The first-order valence-corrected chi connectivity index (χ1v) is 10.0. The molecular weight excluding hydrogens is 314 g/mol. The predicted octanol–water partition coefficient (Wildman–Crippen LogP) is 0.128. The van der Waals surface area contributed by atoms with Crippen LogP contribution in [0.15, 0.2) is 24.3 Å². The normalized spacial score (nSPS) is 21.8. The number of nitrogens with zero attached hydrogens (tertiary/aromatic N) is 1. The van der Waals surface area contributed by atoms with Gasteiger partial charge < -0.3 is 5.11 Å². The molecule has 1 unspecified atom stereocenters. The Morgan fingerprint density at radius 1 is 1.33 bits per heavy atom. The molecule has 1 saturated heterocycles. The van der Waals surface area contributed by atoms with Crippen LogP contribution in [-0.4, -0.2) is 50.8 Å². The van der Waals surface area contributed by atoms with E-state index in [1.54, 1.807) is 24.3 Å². The van der Waals surface area contributed by atoms with Crippen LogP contribution in [0.1, 0.15) is 17.5 Å². The summed E-state index contributed by atoms with van der Waals surface area (Å²) in [5.41, 5.74) is 1.23. The molecule has 6 nitrogen and oxygen atoms in total. The first kappa shape index (κ1) is 16.4. The van der Waals surface area contributed by atoms with Crippen molar-refractivity contribution in [2.45, 2.75) is 24.8 Å². The van der Waals surface area contributed by atoms with Crippen molar-refractivity contribution in [2.24, 2.45) is 0 Å². The summed E-state index contributed by atoms with van der Waals surface area (Å²) in [6.07, 6.45) is 0.342. The zero-order valence-corrected chi connectivity index (χ0v) is 13.4. The highest BCUT2D eigenvalue weighted by molar-refractivity contribution is 7.92. The summed E-state index contributed by atoms with van der Waals surface area (Å²) in [6.45, 7) is -0.148. The molecule has 1 aromatic rings. The summed E-state index contributed by atoms with van der Waals surface area (Å²) in [7, 11) is -5.28. The van der Waals surface area contributed by atoms with Crippen LogP contribution in [0.5, 0.6) is 0 Å². The van der Waals surface area contributed by atoms with E-state index >= 15 is 0 Å². The number of benzene rings is 1. The van der Waals surface area contributed by atoms with E-state index in [2.05, 4.69) is 0 Å². The lowest BCUT2D eigenvalue weighted by Gasteiger charge is -2.22. The SMILES string of the molecule is CN(C1CCS(=O)(=O)C1)S(=O)(=O)Cc1cccc(CO)c1. The molecule has 8 heteroatoms. The summed E-state index contributed by atoms with van der Waals surface area (Å²) in [5.74, 6) is -0.273. The maximum atomic E-state index is 12.4. The number of aliphatic hydroxyl groups excluding tert-OH is 1. The van der Waals surface area contributed by atoms with Crippen molar-refractivity contribution < 1.29 is 21.9 Å². The second-order valence-electron chi connectivity index (χ2n) is 5.31. The Hall–Kier alpha value is -0.960. The van der Waals surface area contributed by atoms with E-state index < -0.39 is 25.9 Å². The zero-order valence-electron chi connectivity index (χ0n) is 11.8. The number of hydrogen-bond acceptors (Lipinski definition) is 5.